The second-order valence-electron chi connectivity index (χ2n) is 11.2. The first-order chi connectivity index (χ1) is 19.3. The van der Waals surface area contributed by atoms with E-state index in [2.05, 4.69) is 30.9 Å². The summed E-state index contributed by atoms with van der Waals surface area (Å²) in [5.41, 5.74) is 1.36. The number of allylic oxidation sites excluding steroid dienone is 2. The number of alkyl halides is 3. The van der Waals surface area contributed by atoms with Gasteiger partial charge in [-0.25, -0.2) is 13.8 Å². The lowest BCUT2D eigenvalue weighted by Crippen LogP contribution is -2.37. The zero-order chi connectivity index (χ0) is 30.3. The number of H-pyrrole nitrogens is 1. The molecular weight excluding hydrogens is 575 g/mol. The number of hydrogen-bond acceptors (Lipinski definition) is 6. The Hall–Kier alpha value is -2.92. The van der Waals surface area contributed by atoms with Crippen LogP contribution in [-0.2, 0) is 4.79 Å². The van der Waals surface area contributed by atoms with E-state index in [1.54, 1.807) is 19.1 Å². The van der Waals surface area contributed by atoms with E-state index in [1.807, 2.05) is 20.8 Å². The summed E-state index contributed by atoms with van der Waals surface area (Å²) in [6.45, 7) is 6.86. The first-order valence-corrected chi connectivity index (χ1v) is 14.6. The number of aromatic amines is 1. The molecule has 0 aromatic carbocycles. The number of halogens is 4. The largest absolute Gasteiger partial charge is 0.353 e. The molecule has 0 aliphatic heterocycles. The van der Waals surface area contributed by atoms with Gasteiger partial charge in [-0.15, -0.1) is 11.6 Å². The second-order valence-corrected chi connectivity index (χ2v) is 11.8. The second kappa shape index (κ2) is 14.3. The minimum absolute atomic E-state index is 0.00524. The maximum atomic E-state index is 13.3. The molecule has 0 atom stereocenters. The summed E-state index contributed by atoms with van der Waals surface area (Å²) in [4.78, 5) is 38.9. The van der Waals surface area contributed by atoms with E-state index in [1.165, 1.54) is 11.9 Å². The van der Waals surface area contributed by atoms with Gasteiger partial charge in [0.15, 0.2) is 5.65 Å². The predicted octanol–water partition coefficient (Wildman–Crippen LogP) is 5.93. The first-order valence-electron chi connectivity index (χ1n) is 13.7. The van der Waals surface area contributed by atoms with Crippen molar-refractivity contribution in [2.45, 2.75) is 72.3 Å². The van der Waals surface area contributed by atoms with Crippen LogP contribution in [0, 0.1) is 5.41 Å². The molecule has 1 aliphatic carbocycles. The van der Waals surface area contributed by atoms with Crippen LogP contribution in [0.5, 0.6) is 0 Å². The fourth-order valence-corrected chi connectivity index (χ4v) is 5.04. The van der Waals surface area contributed by atoms with E-state index in [9.17, 15) is 18.4 Å². The number of nitrogens with zero attached hydrogens (tertiary/aromatic N) is 3. The number of nitrogens with one attached hydrogen (secondary N) is 4. The smallest absolute Gasteiger partial charge is 0.255 e. The normalized spacial score (nSPS) is 15.6. The Morgan fingerprint density at radius 1 is 1.22 bits per heavy atom. The molecule has 1 aliphatic rings. The van der Waals surface area contributed by atoms with Gasteiger partial charge in [-0.2, -0.15) is 4.98 Å². The third kappa shape index (κ3) is 8.78. The molecule has 0 radical (unpaired) electrons. The van der Waals surface area contributed by atoms with Gasteiger partial charge in [-0.1, -0.05) is 57.7 Å². The molecule has 4 N–H and O–H groups in total. The Kier molecular flexibility index (Phi) is 11.4. The molecule has 2 aromatic heterocycles. The number of imidazole rings is 1. The number of hydrogen-bond donors (Lipinski definition) is 4. The topological polar surface area (TPSA) is 115 Å². The molecule has 0 bridgehead atoms. The molecule has 2 aromatic rings. The van der Waals surface area contributed by atoms with Gasteiger partial charge in [-0.3, -0.25) is 9.59 Å². The highest BCUT2D eigenvalue weighted by Crippen LogP contribution is 2.27. The van der Waals surface area contributed by atoms with Gasteiger partial charge >= 0.3 is 0 Å². The Balaban J connectivity index is 1.91. The van der Waals surface area contributed by atoms with Gasteiger partial charge in [0.2, 0.25) is 11.9 Å². The summed E-state index contributed by atoms with van der Waals surface area (Å²) in [6, 6.07) is 1.60. The van der Waals surface area contributed by atoms with Gasteiger partial charge in [0, 0.05) is 25.0 Å². The van der Waals surface area contributed by atoms with E-state index < -0.39 is 18.4 Å². The van der Waals surface area contributed by atoms with Gasteiger partial charge in [0.1, 0.15) is 5.82 Å². The minimum atomic E-state index is -2.62. The standard InChI is InChI=1S/C28H39Cl2F2N7O2/c1-6-16(14-33-26(41)28(2,3)4)22(30)20(13-29)36-27-35-19-12-18(25(40)34-17-10-8-7-9-11-17)24(37-23(19)38-27)39(5)15-21(31)32/h6,12,17,21H,7-11,13-15H2,1-5H3,(H,33,41)(H,34,40)(H2,35,36,37,38)/b16-6-,22-20-. The highest BCUT2D eigenvalue weighted by molar-refractivity contribution is 6.33. The third-order valence-electron chi connectivity index (χ3n) is 6.83. The van der Waals surface area contributed by atoms with Crippen molar-refractivity contribution in [1.82, 2.24) is 25.6 Å². The molecule has 1 saturated carbocycles. The summed E-state index contributed by atoms with van der Waals surface area (Å²) < 4.78 is 26.5. The Bertz CT molecular complexity index is 1300. The Labute approximate surface area is 249 Å². The molecular formula is C28H39Cl2F2N7O2. The number of fused-ring (bicyclic) bond motifs is 1. The first kappa shape index (κ1) is 32.6. The molecule has 9 nitrogen and oxygen atoms in total. The monoisotopic (exact) mass is 613 g/mol. The van der Waals surface area contributed by atoms with Crippen molar-refractivity contribution in [2.75, 3.05) is 36.2 Å². The predicted molar refractivity (Wildman–Crippen MR) is 161 cm³/mol. The van der Waals surface area contributed by atoms with Gasteiger partial charge in [0.05, 0.1) is 34.2 Å². The number of rotatable bonds is 11. The molecule has 0 saturated heterocycles. The molecule has 226 valence electrons. The van der Waals surface area contributed by atoms with Crippen molar-refractivity contribution in [3.05, 3.63) is 34.0 Å². The zero-order valence-electron chi connectivity index (χ0n) is 24.1. The summed E-state index contributed by atoms with van der Waals surface area (Å²) in [5.74, 6) is -0.124. The van der Waals surface area contributed by atoms with Crippen LogP contribution in [0.1, 0.15) is 70.2 Å². The highest BCUT2D eigenvalue weighted by atomic mass is 35.5. The highest BCUT2D eigenvalue weighted by Gasteiger charge is 2.25. The molecule has 0 unspecified atom stereocenters. The summed E-state index contributed by atoms with van der Waals surface area (Å²) in [7, 11) is 1.47. The van der Waals surface area contributed by atoms with Gasteiger partial charge < -0.3 is 25.8 Å². The molecule has 2 heterocycles. The van der Waals surface area contributed by atoms with Crippen molar-refractivity contribution < 1.29 is 18.4 Å². The van der Waals surface area contributed by atoms with Crippen molar-refractivity contribution >= 4 is 57.9 Å². The number of carbonyl (C=O) groups is 2. The molecule has 41 heavy (non-hydrogen) atoms. The number of aromatic nitrogens is 3. The van der Waals surface area contributed by atoms with E-state index in [-0.39, 0.29) is 53.3 Å². The third-order valence-corrected chi connectivity index (χ3v) is 7.57. The van der Waals surface area contributed by atoms with E-state index in [0.717, 1.165) is 32.1 Å². The lowest BCUT2D eigenvalue weighted by atomic mass is 9.95. The van der Waals surface area contributed by atoms with E-state index >= 15 is 0 Å². The summed E-state index contributed by atoms with van der Waals surface area (Å²) in [5, 5.41) is 9.29. The van der Waals surface area contributed by atoms with Crippen molar-refractivity contribution in [1.29, 1.82) is 0 Å². The Morgan fingerprint density at radius 2 is 1.90 bits per heavy atom. The van der Waals surface area contributed by atoms with Crippen LogP contribution in [0.15, 0.2) is 28.4 Å². The summed E-state index contributed by atoms with van der Waals surface area (Å²) >= 11 is 12.9. The molecule has 3 rings (SSSR count). The average molecular weight is 615 g/mol. The lowest BCUT2D eigenvalue weighted by Gasteiger charge is -2.25. The number of amides is 2. The lowest BCUT2D eigenvalue weighted by molar-refractivity contribution is -0.128. The molecule has 0 spiro atoms. The van der Waals surface area contributed by atoms with Crippen LogP contribution in [0.4, 0.5) is 20.5 Å². The average Bonchev–Trinajstić information content (AvgIpc) is 3.32. The molecule has 1 fully saturated rings. The van der Waals surface area contributed by atoms with Gasteiger partial charge in [-0.05, 0) is 31.4 Å². The van der Waals surface area contributed by atoms with Gasteiger partial charge in [0.25, 0.3) is 12.3 Å². The maximum absolute atomic E-state index is 13.3. The Morgan fingerprint density at radius 3 is 2.49 bits per heavy atom. The van der Waals surface area contributed by atoms with Crippen LogP contribution in [0.2, 0.25) is 0 Å². The van der Waals surface area contributed by atoms with Crippen molar-refractivity contribution in [3.8, 4) is 0 Å². The van der Waals surface area contributed by atoms with Crippen LogP contribution in [-0.4, -0.2) is 65.3 Å². The van der Waals surface area contributed by atoms with Crippen LogP contribution < -0.4 is 20.9 Å². The molecule has 2 amide bonds. The van der Waals surface area contributed by atoms with E-state index in [0.29, 0.717) is 21.8 Å². The van der Waals surface area contributed by atoms with E-state index in [4.69, 9.17) is 23.2 Å². The fourth-order valence-electron chi connectivity index (χ4n) is 4.48. The number of carbonyl (C=O) groups excluding carboxylic acids is 2. The van der Waals surface area contributed by atoms with Crippen LogP contribution in [0.25, 0.3) is 11.2 Å². The zero-order valence-corrected chi connectivity index (χ0v) is 25.6. The SMILES string of the molecule is C/C=C(CNC(=O)C(C)(C)C)\C(Cl)=C(/CCl)Nc1nc2nc(N(C)CC(F)F)c(C(=O)NC3CCCCC3)cc2[nH]1. The number of pyridine rings is 1. The van der Waals surface area contributed by atoms with Crippen LogP contribution >= 0.6 is 23.2 Å². The van der Waals surface area contributed by atoms with Crippen molar-refractivity contribution in [2.24, 2.45) is 5.41 Å². The fraction of sp³-hybridized carbons (Fsp3) is 0.571. The maximum Gasteiger partial charge on any atom is 0.255 e. The van der Waals surface area contributed by atoms with Crippen LogP contribution in [0.3, 0.4) is 0 Å². The minimum Gasteiger partial charge on any atom is -0.353 e. The molecule has 13 heteroatoms. The quantitative estimate of drug-likeness (QED) is 0.184. The number of anilines is 2. The van der Waals surface area contributed by atoms with Crippen molar-refractivity contribution in [3.63, 3.8) is 0 Å². The summed E-state index contributed by atoms with van der Waals surface area (Å²) in [6.07, 6.45) is 4.13.